The third-order valence-electron chi connectivity index (χ3n) is 7.70. The second-order valence-electron chi connectivity index (χ2n) is 10.3. The molecule has 1 N–H and O–H groups in total. The Balaban J connectivity index is 1.43. The van der Waals surface area contributed by atoms with Crippen LogP contribution >= 0.6 is 0 Å². The van der Waals surface area contributed by atoms with Gasteiger partial charge in [0.05, 0.1) is 6.10 Å². The smallest absolute Gasteiger partial charge is 0.326 e. The van der Waals surface area contributed by atoms with Crippen molar-refractivity contribution in [2.24, 2.45) is 0 Å². The first-order valence-electron chi connectivity index (χ1n) is 13.3. The Morgan fingerprint density at radius 2 is 1.89 bits per heavy atom. The van der Waals surface area contributed by atoms with Crippen LogP contribution in [-0.4, -0.2) is 40.1 Å². The number of carbonyl (C=O) groups is 2. The summed E-state index contributed by atoms with van der Waals surface area (Å²) >= 11 is 0. The molecule has 194 valence electrons. The lowest BCUT2D eigenvalue weighted by atomic mass is 9.90. The van der Waals surface area contributed by atoms with Crippen LogP contribution in [-0.2, 0) is 33.9 Å². The fourth-order valence-corrected chi connectivity index (χ4v) is 5.65. The largest absolute Gasteiger partial charge is 0.488 e. The quantitative estimate of drug-likeness (QED) is 0.516. The predicted molar refractivity (Wildman–Crippen MR) is 141 cm³/mol. The van der Waals surface area contributed by atoms with Crippen molar-refractivity contribution in [3.05, 3.63) is 88.5 Å². The summed E-state index contributed by atoms with van der Waals surface area (Å²) in [4.78, 5) is 28.0. The van der Waals surface area contributed by atoms with Crippen molar-refractivity contribution in [2.45, 2.75) is 83.3 Å². The molecule has 1 amide bonds. The summed E-state index contributed by atoms with van der Waals surface area (Å²) in [5.41, 5.74) is 4.74. The summed E-state index contributed by atoms with van der Waals surface area (Å²) in [5, 5.41) is 10.2. The van der Waals surface area contributed by atoms with Gasteiger partial charge >= 0.3 is 5.97 Å². The molecular formula is C31H35NO5. The second-order valence-corrected chi connectivity index (χ2v) is 10.3. The summed E-state index contributed by atoms with van der Waals surface area (Å²) in [6.07, 6.45) is 11.2. The Bertz CT molecular complexity index is 1200. The standard InChI is InChI=1S/C31H35NO5/c1-21-16-17-24-19-32(30(33)29(23-12-6-3-7-13-23)37-25-14-8-9-15-25)27(31(34)35)18-26(24)28(21)36-20-22-10-4-2-5-11-22/h2-6,10-12,16-17,25,27,29H,7-9,13-15,18-20H2,1H3,(H,34,35)/t27-,29+/m1/s1. The van der Waals surface area contributed by atoms with Crippen LogP contribution in [0.4, 0.5) is 0 Å². The molecule has 0 unspecified atom stereocenters. The predicted octanol–water partition coefficient (Wildman–Crippen LogP) is 5.52. The first-order valence-corrected chi connectivity index (χ1v) is 13.3. The Kier molecular flexibility index (Phi) is 7.75. The first-order chi connectivity index (χ1) is 18.0. The Labute approximate surface area is 218 Å². The molecule has 2 aromatic rings. The van der Waals surface area contributed by atoms with E-state index in [1.54, 1.807) is 0 Å². The molecule has 1 aliphatic heterocycles. The first kappa shape index (κ1) is 25.3. The molecule has 37 heavy (non-hydrogen) atoms. The number of hydrogen-bond acceptors (Lipinski definition) is 4. The molecular weight excluding hydrogens is 466 g/mol. The highest BCUT2D eigenvalue weighted by Gasteiger charge is 2.41. The average molecular weight is 502 g/mol. The summed E-state index contributed by atoms with van der Waals surface area (Å²) in [6, 6.07) is 12.9. The highest BCUT2D eigenvalue weighted by Crippen LogP contribution is 2.36. The number of aryl methyl sites for hydroxylation is 1. The number of hydrogen-bond donors (Lipinski definition) is 1. The van der Waals surface area contributed by atoms with Gasteiger partial charge in [-0.15, -0.1) is 0 Å². The molecule has 0 bridgehead atoms. The van der Waals surface area contributed by atoms with E-state index < -0.39 is 18.1 Å². The van der Waals surface area contributed by atoms with E-state index in [2.05, 4.69) is 6.08 Å². The third-order valence-corrected chi connectivity index (χ3v) is 7.70. The molecule has 6 heteroatoms. The maximum atomic E-state index is 14.0. The summed E-state index contributed by atoms with van der Waals surface area (Å²) in [5.74, 6) is -0.538. The highest BCUT2D eigenvalue weighted by atomic mass is 16.5. The van der Waals surface area contributed by atoms with E-state index >= 15 is 0 Å². The van der Waals surface area contributed by atoms with Crippen molar-refractivity contribution in [1.29, 1.82) is 0 Å². The van der Waals surface area contributed by atoms with E-state index in [9.17, 15) is 14.7 Å². The van der Waals surface area contributed by atoms with Gasteiger partial charge in [0, 0.05) is 18.5 Å². The molecule has 0 radical (unpaired) electrons. The van der Waals surface area contributed by atoms with Gasteiger partial charge in [-0.05, 0) is 54.9 Å². The Hall–Kier alpha value is -3.38. The fourth-order valence-electron chi connectivity index (χ4n) is 5.65. The molecule has 1 heterocycles. The van der Waals surface area contributed by atoms with Gasteiger partial charge in [0.25, 0.3) is 5.91 Å². The molecule has 1 saturated carbocycles. The number of nitrogens with zero attached hydrogens (tertiary/aromatic N) is 1. The molecule has 3 aliphatic rings. The number of carboxylic acid groups (broad SMARTS) is 1. The monoisotopic (exact) mass is 501 g/mol. The van der Waals surface area contributed by atoms with Crippen molar-refractivity contribution < 1.29 is 24.2 Å². The molecule has 0 spiro atoms. The fraction of sp³-hybridized carbons (Fsp3) is 0.419. The van der Waals surface area contributed by atoms with Gasteiger partial charge in [-0.3, -0.25) is 4.79 Å². The number of fused-ring (bicyclic) bond motifs is 1. The number of benzene rings is 2. The molecule has 2 aliphatic carbocycles. The molecule has 0 aromatic heterocycles. The minimum Gasteiger partial charge on any atom is -0.488 e. The molecule has 5 rings (SSSR count). The maximum absolute atomic E-state index is 14.0. The zero-order chi connectivity index (χ0) is 25.8. The van der Waals surface area contributed by atoms with Crippen LogP contribution in [0, 0.1) is 6.92 Å². The number of rotatable bonds is 8. The van der Waals surface area contributed by atoms with E-state index in [1.807, 2.05) is 61.5 Å². The lowest BCUT2D eigenvalue weighted by molar-refractivity contribution is -0.158. The van der Waals surface area contributed by atoms with Gasteiger partial charge in [0.1, 0.15) is 18.4 Å². The molecule has 6 nitrogen and oxygen atoms in total. The minimum absolute atomic E-state index is 0.0433. The summed E-state index contributed by atoms with van der Waals surface area (Å²) < 4.78 is 12.6. The van der Waals surface area contributed by atoms with Crippen LogP contribution in [0.1, 0.15) is 60.8 Å². The van der Waals surface area contributed by atoms with Crippen molar-refractivity contribution in [3.8, 4) is 5.75 Å². The van der Waals surface area contributed by atoms with Crippen LogP contribution in [0.15, 0.2) is 66.3 Å². The number of aliphatic carboxylic acids is 1. The minimum atomic E-state index is -1.01. The maximum Gasteiger partial charge on any atom is 0.326 e. The molecule has 1 fully saturated rings. The van der Waals surface area contributed by atoms with Crippen molar-refractivity contribution in [3.63, 3.8) is 0 Å². The SMILES string of the molecule is Cc1ccc2c(c1OCc1ccccc1)C[C@H](C(=O)O)N(C(=O)[C@@H](OC1CCCC1)C1=CC=CCC1)C2. The second kappa shape index (κ2) is 11.3. The van der Waals surface area contributed by atoms with E-state index in [-0.39, 0.29) is 25.0 Å². The lowest BCUT2D eigenvalue weighted by Gasteiger charge is -2.38. The lowest BCUT2D eigenvalue weighted by Crippen LogP contribution is -2.53. The molecule has 0 saturated heterocycles. The van der Waals surface area contributed by atoms with Gasteiger partial charge in [-0.25, -0.2) is 4.79 Å². The van der Waals surface area contributed by atoms with Gasteiger partial charge in [0.15, 0.2) is 6.10 Å². The van der Waals surface area contributed by atoms with Gasteiger partial charge in [0.2, 0.25) is 0 Å². The molecule has 2 aromatic carbocycles. The van der Waals surface area contributed by atoms with Crippen LogP contribution in [0.3, 0.4) is 0 Å². The normalized spacial score (nSPS) is 20.3. The van der Waals surface area contributed by atoms with E-state index in [1.165, 1.54) is 4.90 Å². The van der Waals surface area contributed by atoms with Crippen LogP contribution in [0.2, 0.25) is 0 Å². The van der Waals surface area contributed by atoms with Crippen LogP contribution < -0.4 is 4.74 Å². The molecule has 2 atom stereocenters. The van der Waals surface area contributed by atoms with E-state index in [0.29, 0.717) is 6.61 Å². The Morgan fingerprint density at radius 1 is 1.11 bits per heavy atom. The number of allylic oxidation sites excluding steroid dienone is 3. The zero-order valence-electron chi connectivity index (χ0n) is 21.4. The average Bonchev–Trinajstić information content (AvgIpc) is 3.44. The topological polar surface area (TPSA) is 76.1 Å². The number of carboxylic acids is 1. The van der Waals surface area contributed by atoms with Gasteiger partial charge in [-0.1, -0.05) is 73.5 Å². The van der Waals surface area contributed by atoms with Crippen LogP contribution in [0.5, 0.6) is 5.75 Å². The number of ether oxygens (including phenoxy) is 2. The van der Waals surface area contributed by atoms with E-state index in [4.69, 9.17) is 9.47 Å². The van der Waals surface area contributed by atoms with Gasteiger partial charge < -0.3 is 19.5 Å². The number of carbonyl (C=O) groups excluding carboxylic acids is 1. The van der Waals surface area contributed by atoms with Crippen molar-refractivity contribution in [2.75, 3.05) is 0 Å². The summed E-state index contributed by atoms with van der Waals surface area (Å²) in [7, 11) is 0. The number of amides is 1. The van der Waals surface area contributed by atoms with Gasteiger partial charge in [-0.2, -0.15) is 0 Å². The van der Waals surface area contributed by atoms with Crippen LogP contribution in [0.25, 0.3) is 0 Å². The van der Waals surface area contributed by atoms with E-state index in [0.717, 1.165) is 72.1 Å². The Morgan fingerprint density at radius 3 is 2.59 bits per heavy atom. The third kappa shape index (κ3) is 5.64. The van der Waals surface area contributed by atoms with Crippen molar-refractivity contribution in [1.82, 2.24) is 4.90 Å². The highest BCUT2D eigenvalue weighted by molar-refractivity contribution is 5.89. The van der Waals surface area contributed by atoms with Crippen molar-refractivity contribution >= 4 is 11.9 Å². The summed E-state index contributed by atoms with van der Waals surface area (Å²) in [6.45, 7) is 2.60. The zero-order valence-corrected chi connectivity index (χ0v) is 21.4.